The van der Waals surface area contributed by atoms with E-state index < -0.39 is 0 Å². The normalized spacial score (nSPS) is 17.0. The van der Waals surface area contributed by atoms with Gasteiger partial charge in [-0.2, -0.15) is 0 Å². The maximum Gasteiger partial charge on any atom is 0.134 e. The summed E-state index contributed by atoms with van der Waals surface area (Å²) in [7, 11) is 0. The molecule has 1 aliphatic rings. The third-order valence-corrected chi connectivity index (χ3v) is 5.32. The van der Waals surface area contributed by atoms with Crippen LogP contribution in [0.25, 0.3) is 0 Å². The molecule has 24 heavy (non-hydrogen) atoms. The number of nitrogens with zero attached hydrogens (tertiary/aromatic N) is 3. The van der Waals surface area contributed by atoms with Gasteiger partial charge in [-0.15, -0.1) is 0 Å². The second-order valence-corrected chi connectivity index (χ2v) is 7.07. The number of aromatic nitrogens is 2. The Morgan fingerprint density at radius 3 is 2.54 bits per heavy atom. The molecule has 1 aromatic carbocycles. The third-order valence-electron chi connectivity index (χ3n) is 5.12. The van der Waals surface area contributed by atoms with Crippen LogP contribution in [-0.4, -0.2) is 34.8 Å². The fourth-order valence-corrected chi connectivity index (χ4v) is 3.65. The summed E-state index contributed by atoms with van der Waals surface area (Å²) in [6, 6.07) is 12.4. The Kier molecular flexibility index (Phi) is 5.69. The number of piperidine rings is 1. The summed E-state index contributed by atoms with van der Waals surface area (Å²) in [5.74, 6) is 0.880. The van der Waals surface area contributed by atoms with E-state index in [1.165, 1.54) is 11.9 Å². The van der Waals surface area contributed by atoms with Crippen molar-refractivity contribution < 1.29 is 5.11 Å². The molecule has 0 radical (unpaired) electrons. The van der Waals surface area contributed by atoms with Gasteiger partial charge in [-0.3, -0.25) is 0 Å². The van der Waals surface area contributed by atoms with Crippen molar-refractivity contribution >= 4 is 17.4 Å². The molecule has 0 spiro atoms. The first kappa shape index (κ1) is 17.2. The maximum atomic E-state index is 9.97. The summed E-state index contributed by atoms with van der Waals surface area (Å²) in [6.45, 7) is 2.07. The number of halogens is 1. The van der Waals surface area contributed by atoms with E-state index in [4.69, 9.17) is 11.6 Å². The molecule has 1 fully saturated rings. The number of aliphatic hydroxyl groups excluding tert-OH is 1. The summed E-state index contributed by atoms with van der Waals surface area (Å²) in [5.41, 5.74) is 1.42. The molecule has 1 aliphatic heterocycles. The van der Waals surface area contributed by atoms with E-state index in [1.807, 2.05) is 12.1 Å². The van der Waals surface area contributed by atoms with Gasteiger partial charge in [0, 0.05) is 25.8 Å². The number of aryl methyl sites for hydroxylation is 1. The van der Waals surface area contributed by atoms with Crippen LogP contribution in [0.1, 0.15) is 31.2 Å². The van der Waals surface area contributed by atoms with Crippen LogP contribution >= 0.6 is 11.6 Å². The average Bonchev–Trinajstić information content (AvgIpc) is 2.63. The number of aliphatic hydroxyl groups is 1. The van der Waals surface area contributed by atoms with Crippen LogP contribution in [0.5, 0.6) is 0 Å². The van der Waals surface area contributed by atoms with E-state index in [9.17, 15) is 5.11 Å². The highest BCUT2D eigenvalue weighted by Crippen LogP contribution is 2.37. The van der Waals surface area contributed by atoms with Crippen molar-refractivity contribution in [3.63, 3.8) is 0 Å². The van der Waals surface area contributed by atoms with Crippen LogP contribution in [-0.2, 0) is 6.42 Å². The van der Waals surface area contributed by atoms with E-state index >= 15 is 0 Å². The first-order valence-electron chi connectivity index (χ1n) is 8.58. The van der Waals surface area contributed by atoms with E-state index in [0.29, 0.717) is 5.15 Å². The predicted molar refractivity (Wildman–Crippen MR) is 97.4 cm³/mol. The summed E-state index contributed by atoms with van der Waals surface area (Å²) >= 11 is 5.96. The van der Waals surface area contributed by atoms with Gasteiger partial charge in [0.15, 0.2) is 0 Å². The van der Waals surface area contributed by atoms with Gasteiger partial charge in [-0.1, -0.05) is 41.9 Å². The molecule has 5 heteroatoms. The number of anilines is 1. The number of rotatable bonds is 6. The highest BCUT2D eigenvalue weighted by Gasteiger charge is 2.34. The summed E-state index contributed by atoms with van der Waals surface area (Å²) < 4.78 is 0. The highest BCUT2D eigenvalue weighted by molar-refractivity contribution is 6.29. The molecular weight excluding hydrogens is 322 g/mol. The van der Waals surface area contributed by atoms with Crippen LogP contribution in [0.3, 0.4) is 0 Å². The lowest BCUT2D eigenvalue weighted by Crippen LogP contribution is -2.42. The smallest absolute Gasteiger partial charge is 0.134 e. The third kappa shape index (κ3) is 4.25. The second kappa shape index (κ2) is 7.95. The molecular formula is C19H24ClN3O. The van der Waals surface area contributed by atoms with Gasteiger partial charge in [-0.25, -0.2) is 9.97 Å². The monoisotopic (exact) mass is 345 g/mol. The Labute approximate surface area is 148 Å². The lowest BCUT2D eigenvalue weighted by atomic mass is 9.75. The minimum absolute atomic E-state index is 0.0438. The highest BCUT2D eigenvalue weighted by atomic mass is 35.5. The molecule has 2 aromatic rings. The number of hydrogen-bond acceptors (Lipinski definition) is 4. The molecule has 0 unspecified atom stereocenters. The van der Waals surface area contributed by atoms with E-state index in [2.05, 4.69) is 39.1 Å². The van der Waals surface area contributed by atoms with Crippen molar-refractivity contribution in [2.45, 2.75) is 32.1 Å². The molecule has 0 atom stereocenters. The summed E-state index contributed by atoms with van der Waals surface area (Å²) in [6.07, 6.45) is 6.74. The molecule has 4 nitrogen and oxygen atoms in total. The van der Waals surface area contributed by atoms with Crippen molar-refractivity contribution in [3.8, 4) is 0 Å². The van der Waals surface area contributed by atoms with Crippen LogP contribution in [0.2, 0.25) is 5.15 Å². The molecule has 0 saturated carbocycles. The molecule has 128 valence electrons. The molecule has 0 amide bonds. The maximum absolute atomic E-state index is 9.97. The van der Waals surface area contributed by atoms with Gasteiger partial charge in [0.05, 0.1) is 0 Å². The van der Waals surface area contributed by atoms with Crippen LogP contribution in [0.4, 0.5) is 5.82 Å². The van der Waals surface area contributed by atoms with E-state index in [0.717, 1.165) is 51.0 Å². The largest absolute Gasteiger partial charge is 0.396 e. The minimum atomic E-state index is 0.0438. The van der Waals surface area contributed by atoms with E-state index in [1.54, 1.807) is 0 Å². The van der Waals surface area contributed by atoms with Crippen molar-refractivity contribution in [1.82, 2.24) is 9.97 Å². The molecule has 0 aliphatic carbocycles. The zero-order chi connectivity index (χ0) is 16.8. The zero-order valence-corrected chi connectivity index (χ0v) is 14.6. The lowest BCUT2D eigenvalue weighted by Gasteiger charge is -2.41. The standard InChI is InChI=1S/C19H24ClN3O/c20-17-13-18(22-15-21-17)23-11-9-19(14-24,10-12-23)8-4-7-16-5-2-1-3-6-16/h1-3,5-6,13,15,24H,4,7-12,14H2. The number of benzene rings is 1. The Bertz CT molecular complexity index is 642. The van der Waals surface area contributed by atoms with Gasteiger partial charge >= 0.3 is 0 Å². The summed E-state index contributed by atoms with van der Waals surface area (Å²) in [4.78, 5) is 10.5. The van der Waals surface area contributed by atoms with Gasteiger partial charge in [0.2, 0.25) is 0 Å². The number of hydrogen-bond donors (Lipinski definition) is 1. The minimum Gasteiger partial charge on any atom is -0.396 e. The van der Waals surface area contributed by atoms with Gasteiger partial charge < -0.3 is 10.0 Å². The van der Waals surface area contributed by atoms with Crippen LogP contribution < -0.4 is 4.90 Å². The van der Waals surface area contributed by atoms with Gasteiger partial charge in [0.25, 0.3) is 0 Å². The molecule has 1 saturated heterocycles. The molecule has 0 bridgehead atoms. The van der Waals surface area contributed by atoms with E-state index in [-0.39, 0.29) is 12.0 Å². The first-order chi connectivity index (χ1) is 11.7. The molecule has 2 heterocycles. The summed E-state index contributed by atoms with van der Waals surface area (Å²) in [5, 5.41) is 10.4. The Balaban J connectivity index is 1.54. The van der Waals surface area contributed by atoms with Crippen molar-refractivity contribution in [3.05, 3.63) is 53.4 Å². The quantitative estimate of drug-likeness (QED) is 0.810. The first-order valence-corrected chi connectivity index (χ1v) is 8.96. The van der Waals surface area contributed by atoms with Crippen molar-refractivity contribution in [2.75, 3.05) is 24.6 Å². The topological polar surface area (TPSA) is 49.2 Å². The molecule has 1 aromatic heterocycles. The van der Waals surface area contributed by atoms with Crippen LogP contribution in [0.15, 0.2) is 42.7 Å². The fourth-order valence-electron chi connectivity index (χ4n) is 3.51. The van der Waals surface area contributed by atoms with Gasteiger partial charge in [0.1, 0.15) is 17.3 Å². The Hall–Kier alpha value is -1.65. The Morgan fingerprint density at radius 1 is 1.12 bits per heavy atom. The average molecular weight is 346 g/mol. The van der Waals surface area contributed by atoms with Gasteiger partial charge in [-0.05, 0) is 43.1 Å². The van der Waals surface area contributed by atoms with Crippen molar-refractivity contribution in [1.29, 1.82) is 0 Å². The van der Waals surface area contributed by atoms with Crippen molar-refractivity contribution in [2.24, 2.45) is 5.41 Å². The molecule has 1 N–H and O–H groups in total. The Morgan fingerprint density at radius 2 is 1.88 bits per heavy atom. The SMILES string of the molecule is OCC1(CCCc2ccccc2)CCN(c2cc(Cl)ncn2)CC1. The second-order valence-electron chi connectivity index (χ2n) is 6.68. The molecule has 3 rings (SSSR count). The lowest BCUT2D eigenvalue weighted by molar-refractivity contribution is 0.0849. The predicted octanol–water partition coefficient (Wildman–Crippen LogP) is 3.73. The fraction of sp³-hybridized carbons (Fsp3) is 0.474. The zero-order valence-electron chi connectivity index (χ0n) is 13.9. The van der Waals surface area contributed by atoms with Crippen LogP contribution in [0, 0.1) is 5.41 Å².